The normalized spacial score (nSPS) is 11.1. The number of nitriles is 1. The molecule has 0 aliphatic rings. The van der Waals surface area contributed by atoms with Gasteiger partial charge in [0.2, 0.25) is 0 Å². The van der Waals surface area contributed by atoms with Gasteiger partial charge in [0.05, 0.1) is 23.1 Å². The summed E-state index contributed by atoms with van der Waals surface area (Å²) in [6.45, 7) is 1.46. The molecule has 90 valence electrons. The number of hydrogen-bond acceptors (Lipinski definition) is 2. The number of rotatable bonds is 2. The zero-order valence-electron chi connectivity index (χ0n) is 8.73. The maximum atomic E-state index is 12.6. The molecule has 0 amide bonds. The third-order valence-electron chi connectivity index (χ3n) is 2.21. The average molecular weight is 262 g/mol. The average Bonchev–Trinajstić information content (AvgIpc) is 2.25. The third kappa shape index (κ3) is 2.77. The van der Waals surface area contributed by atoms with E-state index in [1.807, 2.05) is 0 Å². The standard InChI is InChI=1S/C11H7ClF3NO/c1-6-2-7(5-16)9(11(13,14)15)3-8(6)10(17)4-12/h2-3H,4H2,1H3. The molecule has 0 radical (unpaired) electrons. The Kier molecular flexibility index (Phi) is 3.79. The van der Waals surface area contributed by atoms with Crippen LogP contribution in [0.4, 0.5) is 13.2 Å². The molecule has 0 spiro atoms. The van der Waals surface area contributed by atoms with Crippen LogP contribution in [-0.4, -0.2) is 11.7 Å². The number of carbonyl (C=O) groups is 1. The second-order valence-electron chi connectivity index (χ2n) is 3.38. The van der Waals surface area contributed by atoms with Crippen molar-refractivity contribution in [3.63, 3.8) is 0 Å². The van der Waals surface area contributed by atoms with E-state index in [0.29, 0.717) is 11.6 Å². The van der Waals surface area contributed by atoms with E-state index in [4.69, 9.17) is 16.9 Å². The first-order valence-corrected chi connectivity index (χ1v) is 5.05. The number of carbonyl (C=O) groups excluding carboxylic acids is 1. The van der Waals surface area contributed by atoms with Crippen LogP contribution in [0.25, 0.3) is 0 Å². The van der Waals surface area contributed by atoms with Gasteiger partial charge in [-0.05, 0) is 24.6 Å². The molecule has 1 aromatic rings. The van der Waals surface area contributed by atoms with Crippen molar-refractivity contribution in [2.45, 2.75) is 13.1 Å². The summed E-state index contributed by atoms with van der Waals surface area (Å²) in [6.07, 6.45) is -4.67. The highest BCUT2D eigenvalue weighted by Crippen LogP contribution is 2.33. The van der Waals surface area contributed by atoms with Gasteiger partial charge in [-0.3, -0.25) is 4.79 Å². The lowest BCUT2D eigenvalue weighted by Crippen LogP contribution is -2.12. The van der Waals surface area contributed by atoms with Crippen LogP contribution in [0.3, 0.4) is 0 Å². The summed E-state index contributed by atoms with van der Waals surface area (Å²) in [4.78, 5) is 11.3. The van der Waals surface area contributed by atoms with Crippen LogP contribution in [0.5, 0.6) is 0 Å². The molecule has 0 aliphatic carbocycles. The molecule has 0 bridgehead atoms. The Hall–Kier alpha value is -1.54. The van der Waals surface area contributed by atoms with E-state index in [1.54, 1.807) is 0 Å². The molecule has 0 heterocycles. The van der Waals surface area contributed by atoms with E-state index in [-0.39, 0.29) is 5.56 Å². The summed E-state index contributed by atoms with van der Waals surface area (Å²) in [5.74, 6) is -0.997. The predicted octanol–water partition coefficient (Wildman–Crippen LogP) is 3.31. The van der Waals surface area contributed by atoms with Crippen LogP contribution in [0, 0.1) is 18.3 Å². The van der Waals surface area contributed by atoms with Gasteiger partial charge in [0, 0.05) is 5.56 Å². The van der Waals surface area contributed by atoms with Crippen molar-refractivity contribution < 1.29 is 18.0 Å². The van der Waals surface area contributed by atoms with Crippen molar-refractivity contribution in [2.75, 3.05) is 5.88 Å². The topological polar surface area (TPSA) is 40.9 Å². The van der Waals surface area contributed by atoms with Crippen molar-refractivity contribution >= 4 is 17.4 Å². The number of aryl methyl sites for hydroxylation is 1. The zero-order valence-corrected chi connectivity index (χ0v) is 9.49. The highest BCUT2D eigenvalue weighted by molar-refractivity contribution is 6.30. The minimum Gasteiger partial charge on any atom is -0.293 e. The first-order valence-electron chi connectivity index (χ1n) is 4.52. The number of benzene rings is 1. The van der Waals surface area contributed by atoms with Gasteiger partial charge in [-0.15, -0.1) is 11.6 Å². The Bertz CT molecular complexity index is 503. The lowest BCUT2D eigenvalue weighted by molar-refractivity contribution is -0.137. The summed E-state index contributed by atoms with van der Waals surface area (Å²) in [6, 6.07) is 3.19. The molecule has 0 aromatic heterocycles. The molecule has 1 aromatic carbocycles. The summed E-state index contributed by atoms with van der Waals surface area (Å²) >= 11 is 5.30. The van der Waals surface area contributed by atoms with Crippen LogP contribution < -0.4 is 0 Å². The van der Waals surface area contributed by atoms with E-state index >= 15 is 0 Å². The Labute approximate surface area is 101 Å². The zero-order chi connectivity index (χ0) is 13.2. The molecule has 0 saturated heterocycles. The molecule has 0 fully saturated rings. The fraction of sp³-hybridized carbons (Fsp3) is 0.273. The molecule has 0 atom stereocenters. The monoisotopic (exact) mass is 261 g/mol. The van der Waals surface area contributed by atoms with Gasteiger partial charge in [-0.1, -0.05) is 0 Å². The van der Waals surface area contributed by atoms with Crippen molar-refractivity contribution in [3.8, 4) is 6.07 Å². The van der Waals surface area contributed by atoms with E-state index in [0.717, 1.165) is 6.07 Å². The number of hydrogen-bond donors (Lipinski definition) is 0. The van der Waals surface area contributed by atoms with Crippen LogP contribution in [0.15, 0.2) is 12.1 Å². The third-order valence-corrected chi connectivity index (χ3v) is 2.45. The number of Topliss-reactive ketones (excluding diaryl/α,β-unsaturated/α-hetero) is 1. The van der Waals surface area contributed by atoms with E-state index < -0.39 is 29.0 Å². The fourth-order valence-electron chi connectivity index (χ4n) is 1.41. The minimum absolute atomic E-state index is 0.105. The van der Waals surface area contributed by atoms with Gasteiger partial charge in [-0.2, -0.15) is 18.4 Å². The second-order valence-corrected chi connectivity index (χ2v) is 3.65. The first kappa shape index (κ1) is 13.5. The number of halogens is 4. The Morgan fingerprint density at radius 1 is 1.47 bits per heavy atom. The largest absolute Gasteiger partial charge is 0.417 e. The quantitative estimate of drug-likeness (QED) is 0.605. The highest BCUT2D eigenvalue weighted by atomic mass is 35.5. The van der Waals surface area contributed by atoms with Gasteiger partial charge < -0.3 is 0 Å². The number of alkyl halides is 4. The summed E-state index contributed by atoms with van der Waals surface area (Å²) in [5, 5.41) is 8.63. The molecule has 0 unspecified atom stereocenters. The van der Waals surface area contributed by atoms with Crippen molar-refractivity contribution in [1.82, 2.24) is 0 Å². The molecule has 6 heteroatoms. The van der Waals surface area contributed by atoms with Crippen LogP contribution in [0.2, 0.25) is 0 Å². The number of nitrogens with zero attached hydrogens (tertiary/aromatic N) is 1. The number of ketones is 1. The van der Waals surface area contributed by atoms with E-state index in [2.05, 4.69) is 0 Å². The lowest BCUT2D eigenvalue weighted by Gasteiger charge is -2.12. The summed E-state index contributed by atoms with van der Waals surface area (Å²) < 4.78 is 37.9. The van der Waals surface area contributed by atoms with Crippen LogP contribution in [-0.2, 0) is 6.18 Å². The van der Waals surface area contributed by atoms with Crippen molar-refractivity contribution in [3.05, 3.63) is 34.4 Å². The molecule has 17 heavy (non-hydrogen) atoms. The van der Waals surface area contributed by atoms with Gasteiger partial charge in [0.15, 0.2) is 5.78 Å². The SMILES string of the molecule is Cc1cc(C#N)c(C(F)(F)F)cc1C(=O)CCl. The van der Waals surface area contributed by atoms with Gasteiger partial charge in [-0.25, -0.2) is 0 Å². The molecular weight excluding hydrogens is 255 g/mol. The minimum atomic E-state index is -4.67. The molecule has 0 saturated carbocycles. The maximum absolute atomic E-state index is 12.6. The molecular formula is C11H7ClF3NO. The fourth-order valence-corrected chi connectivity index (χ4v) is 1.55. The van der Waals surface area contributed by atoms with Crippen molar-refractivity contribution in [2.24, 2.45) is 0 Å². The molecule has 0 N–H and O–H groups in total. The first-order chi connectivity index (χ1) is 7.81. The Morgan fingerprint density at radius 3 is 2.47 bits per heavy atom. The molecule has 0 aliphatic heterocycles. The molecule has 2 nitrogen and oxygen atoms in total. The predicted molar refractivity (Wildman–Crippen MR) is 55.9 cm³/mol. The van der Waals surface area contributed by atoms with Gasteiger partial charge >= 0.3 is 6.18 Å². The smallest absolute Gasteiger partial charge is 0.293 e. The van der Waals surface area contributed by atoms with Gasteiger partial charge in [0.25, 0.3) is 0 Å². The van der Waals surface area contributed by atoms with Crippen LogP contribution >= 0.6 is 11.6 Å². The maximum Gasteiger partial charge on any atom is 0.417 e. The van der Waals surface area contributed by atoms with E-state index in [9.17, 15) is 18.0 Å². The van der Waals surface area contributed by atoms with E-state index in [1.165, 1.54) is 13.0 Å². The lowest BCUT2D eigenvalue weighted by atomic mass is 9.97. The summed E-state index contributed by atoms with van der Waals surface area (Å²) in [5.41, 5.74) is -1.41. The summed E-state index contributed by atoms with van der Waals surface area (Å²) in [7, 11) is 0. The van der Waals surface area contributed by atoms with Crippen LogP contribution in [0.1, 0.15) is 27.0 Å². The molecule has 1 rings (SSSR count). The highest BCUT2D eigenvalue weighted by Gasteiger charge is 2.34. The second kappa shape index (κ2) is 4.76. The Morgan fingerprint density at radius 2 is 2.06 bits per heavy atom. The van der Waals surface area contributed by atoms with Crippen molar-refractivity contribution in [1.29, 1.82) is 5.26 Å². The Balaban J connectivity index is 3.50. The van der Waals surface area contributed by atoms with Gasteiger partial charge in [0.1, 0.15) is 0 Å².